The van der Waals surface area contributed by atoms with E-state index in [-0.39, 0.29) is 18.0 Å². The predicted molar refractivity (Wildman–Crippen MR) is 128 cm³/mol. The molecular weight excluding hydrogens is 508 g/mol. The molecule has 38 heavy (non-hydrogen) atoms. The van der Waals surface area contributed by atoms with Crippen molar-refractivity contribution in [2.45, 2.75) is 81.4 Å². The van der Waals surface area contributed by atoms with Crippen molar-refractivity contribution in [3.63, 3.8) is 0 Å². The lowest BCUT2D eigenvalue weighted by atomic mass is 9.92. The van der Waals surface area contributed by atoms with Crippen molar-refractivity contribution in [3.8, 4) is 11.5 Å². The molecule has 2 aliphatic heterocycles. The molecule has 214 valence electrons. The summed E-state index contributed by atoms with van der Waals surface area (Å²) in [5.74, 6) is -1.71. The van der Waals surface area contributed by atoms with E-state index in [0.717, 1.165) is 0 Å². The van der Waals surface area contributed by atoms with E-state index in [1.807, 2.05) is 0 Å². The topological polar surface area (TPSA) is 216 Å². The minimum absolute atomic E-state index is 0.0997. The van der Waals surface area contributed by atoms with E-state index in [2.05, 4.69) is 10.6 Å². The lowest BCUT2D eigenvalue weighted by Gasteiger charge is -2.47. The number of aliphatic hydroxyl groups is 4. The number of aliphatic hydroxyl groups excluding tert-OH is 4. The number of methoxy groups -OCH3 is 1. The van der Waals surface area contributed by atoms with Crippen molar-refractivity contribution in [1.82, 2.24) is 10.6 Å². The zero-order valence-corrected chi connectivity index (χ0v) is 21.3. The van der Waals surface area contributed by atoms with E-state index in [0.29, 0.717) is 12.0 Å². The minimum Gasteiger partial charge on any atom is -0.504 e. The van der Waals surface area contributed by atoms with Crippen LogP contribution in [0.5, 0.6) is 11.5 Å². The second-order valence-corrected chi connectivity index (χ2v) is 9.35. The molecule has 3 rings (SSSR count). The summed E-state index contributed by atoms with van der Waals surface area (Å²) in [5.41, 5.74) is 0.634. The van der Waals surface area contributed by atoms with Gasteiger partial charge in [-0.05, 0) is 31.0 Å². The first-order valence-corrected chi connectivity index (χ1v) is 12.2. The van der Waals surface area contributed by atoms with E-state index >= 15 is 0 Å². The van der Waals surface area contributed by atoms with Gasteiger partial charge in [-0.1, -0.05) is 6.07 Å². The monoisotopic (exact) mass is 544 g/mol. The second kappa shape index (κ2) is 13.0. The molecule has 0 aliphatic carbocycles. The first-order valence-electron chi connectivity index (χ1n) is 12.2. The predicted octanol–water partition coefficient (Wildman–Crippen LogP) is -2.75. The van der Waals surface area contributed by atoms with Crippen LogP contribution in [0.15, 0.2) is 18.2 Å². The van der Waals surface area contributed by atoms with Crippen molar-refractivity contribution >= 4 is 11.8 Å². The van der Waals surface area contributed by atoms with E-state index in [4.69, 9.17) is 18.9 Å². The SMILES string of the molecule is CO[C@@H]1C(C(=O)NCCc2ccc(O)c(O)c2)O[C@@H](OC2C(NC(C)=O)[C@H](C)OC(CO)[C@H]2O)C(O)C1O. The number of ether oxygens (including phenoxy) is 4. The number of rotatable bonds is 9. The average Bonchev–Trinajstić information content (AvgIpc) is 2.87. The van der Waals surface area contributed by atoms with Crippen LogP contribution in [-0.4, -0.2) is 124 Å². The number of benzene rings is 1. The molecule has 0 radical (unpaired) electrons. The third kappa shape index (κ3) is 6.71. The van der Waals surface area contributed by atoms with Gasteiger partial charge in [0.05, 0.1) is 18.8 Å². The van der Waals surface area contributed by atoms with Crippen molar-refractivity contribution in [3.05, 3.63) is 23.8 Å². The van der Waals surface area contributed by atoms with Crippen LogP contribution in [0.1, 0.15) is 19.4 Å². The van der Waals surface area contributed by atoms with Gasteiger partial charge in [0, 0.05) is 20.6 Å². The van der Waals surface area contributed by atoms with Gasteiger partial charge in [-0.2, -0.15) is 0 Å². The molecule has 2 fully saturated rings. The molecule has 0 aromatic heterocycles. The molecule has 8 N–H and O–H groups in total. The minimum atomic E-state index is -1.69. The fraction of sp³-hybridized carbons (Fsp3) is 0.667. The van der Waals surface area contributed by atoms with Gasteiger partial charge in [-0.15, -0.1) is 0 Å². The standard InChI is InChI=1S/C24H36N2O12/c1-10-16(26-11(2)28)20(17(31)15(9-27)36-10)37-24-19(33)18(32)21(35-3)22(38-24)23(34)25-7-6-12-4-5-13(29)14(30)8-12/h4-5,8,10,15-22,24,27,29-33H,6-7,9H2,1-3H3,(H,25,34)(H,26,28)/t10-,15?,16?,17+,18?,19?,20?,21-,22?,24+/m0/s1. The van der Waals surface area contributed by atoms with Crippen LogP contribution < -0.4 is 10.6 Å². The Balaban J connectivity index is 1.73. The summed E-state index contributed by atoms with van der Waals surface area (Å²) < 4.78 is 22.3. The molecule has 1 aromatic carbocycles. The number of phenolic OH excluding ortho intramolecular Hbond substituents is 2. The number of aromatic hydroxyl groups is 2. The van der Waals surface area contributed by atoms with Crippen LogP contribution in [0.2, 0.25) is 0 Å². The molecule has 0 spiro atoms. The number of nitrogens with one attached hydrogen (secondary N) is 2. The average molecular weight is 545 g/mol. The maximum atomic E-state index is 13.0. The van der Waals surface area contributed by atoms with Crippen LogP contribution >= 0.6 is 0 Å². The molecule has 14 heteroatoms. The van der Waals surface area contributed by atoms with Crippen LogP contribution in [0.3, 0.4) is 0 Å². The summed E-state index contributed by atoms with van der Waals surface area (Å²) in [6.07, 6.45) is -11.8. The highest BCUT2D eigenvalue weighted by Gasteiger charge is 2.52. The summed E-state index contributed by atoms with van der Waals surface area (Å²) in [5, 5.41) is 66.0. The number of hydrogen-bond acceptors (Lipinski definition) is 12. The smallest absolute Gasteiger partial charge is 0.252 e. The zero-order valence-electron chi connectivity index (χ0n) is 21.3. The quantitative estimate of drug-likeness (QED) is 0.148. The van der Waals surface area contributed by atoms with Gasteiger partial charge < -0.3 is 60.2 Å². The Morgan fingerprint density at radius 3 is 2.34 bits per heavy atom. The molecule has 2 amide bonds. The number of phenols is 2. The van der Waals surface area contributed by atoms with Crippen LogP contribution in [0, 0.1) is 0 Å². The molecule has 0 bridgehead atoms. The normalized spacial score (nSPS) is 35.4. The molecule has 2 saturated heterocycles. The first-order chi connectivity index (χ1) is 18.0. The number of carbonyl (C=O) groups is 2. The van der Waals surface area contributed by atoms with Gasteiger partial charge in [0.2, 0.25) is 5.91 Å². The molecule has 10 atom stereocenters. The van der Waals surface area contributed by atoms with Crippen molar-refractivity contribution in [1.29, 1.82) is 0 Å². The highest BCUT2D eigenvalue weighted by molar-refractivity contribution is 5.81. The first kappa shape index (κ1) is 30.0. The summed E-state index contributed by atoms with van der Waals surface area (Å²) in [4.78, 5) is 24.7. The Bertz CT molecular complexity index is 964. The summed E-state index contributed by atoms with van der Waals surface area (Å²) in [6.45, 7) is 2.41. The van der Waals surface area contributed by atoms with E-state index < -0.39 is 79.6 Å². The summed E-state index contributed by atoms with van der Waals surface area (Å²) in [7, 11) is 1.23. The third-order valence-electron chi connectivity index (χ3n) is 6.64. The van der Waals surface area contributed by atoms with Gasteiger partial charge in [-0.3, -0.25) is 9.59 Å². The van der Waals surface area contributed by atoms with Gasteiger partial charge in [0.1, 0.15) is 36.6 Å². The fourth-order valence-electron chi connectivity index (χ4n) is 4.62. The Morgan fingerprint density at radius 1 is 1.03 bits per heavy atom. The maximum Gasteiger partial charge on any atom is 0.252 e. The van der Waals surface area contributed by atoms with Crippen molar-refractivity contribution in [2.75, 3.05) is 20.3 Å². The van der Waals surface area contributed by atoms with Gasteiger partial charge in [0.25, 0.3) is 5.91 Å². The number of amides is 2. The summed E-state index contributed by atoms with van der Waals surface area (Å²) >= 11 is 0. The van der Waals surface area contributed by atoms with Crippen LogP contribution in [0.4, 0.5) is 0 Å². The zero-order chi connectivity index (χ0) is 28.1. The van der Waals surface area contributed by atoms with Gasteiger partial charge in [-0.25, -0.2) is 0 Å². The Kier molecular flexibility index (Phi) is 10.3. The Hall–Kier alpha value is -2.56. The molecule has 2 heterocycles. The van der Waals surface area contributed by atoms with Gasteiger partial charge in [0.15, 0.2) is 23.9 Å². The summed E-state index contributed by atoms with van der Waals surface area (Å²) in [6, 6.07) is 3.34. The number of carbonyl (C=O) groups excluding carboxylic acids is 2. The second-order valence-electron chi connectivity index (χ2n) is 9.35. The lowest BCUT2D eigenvalue weighted by molar-refractivity contribution is -0.325. The maximum absolute atomic E-state index is 13.0. The van der Waals surface area contributed by atoms with E-state index in [1.165, 1.54) is 26.2 Å². The number of hydrogen-bond donors (Lipinski definition) is 8. The van der Waals surface area contributed by atoms with E-state index in [9.17, 15) is 40.2 Å². The molecule has 2 aliphatic rings. The molecular formula is C24H36N2O12. The molecule has 0 saturated carbocycles. The van der Waals surface area contributed by atoms with Crippen molar-refractivity contribution in [2.24, 2.45) is 0 Å². The largest absolute Gasteiger partial charge is 0.504 e. The van der Waals surface area contributed by atoms with E-state index in [1.54, 1.807) is 13.0 Å². The van der Waals surface area contributed by atoms with Crippen LogP contribution in [0.25, 0.3) is 0 Å². The highest BCUT2D eigenvalue weighted by Crippen LogP contribution is 2.30. The Morgan fingerprint density at radius 2 is 1.74 bits per heavy atom. The lowest BCUT2D eigenvalue weighted by Crippen LogP contribution is -2.68. The molecule has 1 aromatic rings. The highest BCUT2D eigenvalue weighted by atomic mass is 16.7. The third-order valence-corrected chi connectivity index (χ3v) is 6.64. The van der Waals surface area contributed by atoms with Gasteiger partial charge >= 0.3 is 0 Å². The Labute approximate surface area is 219 Å². The van der Waals surface area contributed by atoms with Crippen molar-refractivity contribution < 1.29 is 59.2 Å². The fourth-order valence-corrected chi connectivity index (χ4v) is 4.62. The molecule has 14 nitrogen and oxygen atoms in total. The van der Waals surface area contributed by atoms with Crippen LogP contribution in [-0.2, 0) is 35.0 Å². The molecule has 6 unspecified atom stereocenters.